The summed E-state index contributed by atoms with van der Waals surface area (Å²) in [5, 5.41) is 7.40. The third kappa shape index (κ3) is 6.08. The maximum atomic E-state index is 14.8. The minimum absolute atomic E-state index is 0.142. The Labute approximate surface area is 213 Å². The lowest BCUT2D eigenvalue weighted by molar-refractivity contribution is -0.266. The Morgan fingerprint density at radius 2 is 1.76 bits per heavy atom. The van der Waals surface area contributed by atoms with Crippen LogP contribution in [0.15, 0.2) is 42.7 Å². The molecule has 3 aromatic rings. The number of nitrogens with zero attached hydrogens (tertiary/aromatic N) is 2. The van der Waals surface area contributed by atoms with Crippen LogP contribution in [0.5, 0.6) is 5.75 Å². The van der Waals surface area contributed by atoms with E-state index in [0.717, 1.165) is 0 Å². The van der Waals surface area contributed by atoms with Gasteiger partial charge >= 0.3 is 6.18 Å². The van der Waals surface area contributed by atoms with E-state index in [-0.39, 0.29) is 17.8 Å². The van der Waals surface area contributed by atoms with Crippen molar-refractivity contribution in [3.63, 3.8) is 0 Å². The first-order valence-corrected chi connectivity index (χ1v) is 11.3. The molecule has 1 aliphatic heterocycles. The number of halogens is 4. The third-order valence-corrected chi connectivity index (χ3v) is 5.59. The van der Waals surface area contributed by atoms with E-state index in [4.69, 9.17) is 9.47 Å². The average Bonchev–Trinajstić information content (AvgIpc) is 2.82. The first kappa shape index (κ1) is 27.0. The number of nitrogens with one attached hydrogen (secondary N) is 3. The summed E-state index contributed by atoms with van der Waals surface area (Å²) < 4.78 is 69.2. The highest BCUT2D eigenvalue weighted by Gasteiger charge is 2.61. The highest BCUT2D eigenvalue weighted by atomic mass is 19.4. The molecule has 0 bridgehead atoms. The number of fused-ring (bicyclic) bond motifs is 1. The maximum Gasteiger partial charge on any atom is 0.416 e. The van der Waals surface area contributed by atoms with E-state index >= 15 is 0 Å². The summed E-state index contributed by atoms with van der Waals surface area (Å²) in [6.45, 7) is -0.817. The van der Waals surface area contributed by atoms with E-state index in [0.29, 0.717) is 29.2 Å². The standard InChI is InChI=1S/C24H23F4N5O5/c1-36-6-7-38-16-8-17(25)21-18(9-16)29-13-30-22(21)32-15-4-2-14(3-5-15)31-19(34)10-20(35)33-23(11-37-12-23)24(26,27)28/h2-5,8-9,13H,6-7,10-12H2,1H3,(H,31,34)(H,33,35)(H,29,30,32). The molecular weight excluding hydrogens is 514 g/mol. The van der Waals surface area contributed by atoms with Gasteiger partial charge in [0.2, 0.25) is 11.8 Å². The largest absolute Gasteiger partial charge is 0.491 e. The van der Waals surface area contributed by atoms with Crippen molar-refractivity contribution in [2.45, 2.75) is 18.1 Å². The highest BCUT2D eigenvalue weighted by Crippen LogP contribution is 2.36. The molecule has 0 atom stereocenters. The van der Waals surface area contributed by atoms with Gasteiger partial charge in [-0.05, 0) is 24.3 Å². The first-order valence-electron chi connectivity index (χ1n) is 11.3. The lowest BCUT2D eigenvalue weighted by Crippen LogP contribution is -2.70. The number of rotatable bonds is 10. The van der Waals surface area contributed by atoms with Crippen molar-refractivity contribution in [3.8, 4) is 5.75 Å². The quantitative estimate of drug-likeness (QED) is 0.205. The molecule has 1 aliphatic rings. The predicted octanol–water partition coefficient (Wildman–Crippen LogP) is 3.31. The number of carbonyl (C=O) groups is 2. The molecule has 0 saturated carbocycles. The molecule has 1 fully saturated rings. The molecule has 14 heteroatoms. The van der Waals surface area contributed by atoms with Gasteiger partial charge in [0, 0.05) is 30.6 Å². The molecule has 0 unspecified atom stereocenters. The Hall–Kier alpha value is -4.04. The Balaban J connectivity index is 1.37. The number of aromatic nitrogens is 2. The van der Waals surface area contributed by atoms with Gasteiger partial charge in [0.1, 0.15) is 36.7 Å². The predicted molar refractivity (Wildman–Crippen MR) is 128 cm³/mol. The van der Waals surface area contributed by atoms with Crippen molar-refractivity contribution >= 4 is 39.9 Å². The van der Waals surface area contributed by atoms with Crippen molar-refractivity contribution < 1.29 is 41.4 Å². The number of ether oxygens (including phenoxy) is 3. The number of methoxy groups -OCH3 is 1. The molecule has 1 saturated heterocycles. The number of anilines is 3. The van der Waals surface area contributed by atoms with Gasteiger partial charge in [-0.1, -0.05) is 0 Å². The molecule has 3 N–H and O–H groups in total. The van der Waals surface area contributed by atoms with Gasteiger partial charge in [-0.2, -0.15) is 13.2 Å². The van der Waals surface area contributed by atoms with E-state index in [9.17, 15) is 27.2 Å². The summed E-state index contributed by atoms with van der Waals surface area (Å²) in [6, 6.07) is 8.91. The molecule has 2 aromatic carbocycles. The van der Waals surface area contributed by atoms with E-state index in [1.165, 1.54) is 31.6 Å². The molecule has 2 amide bonds. The van der Waals surface area contributed by atoms with Crippen molar-refractivity contribution in [3.05, 3.63) is 48.5 Å². The zero-order valence-corrected chi connectivity index (χ0v) is 20.0. The zero-order valence-electron chi connectivity index (χ0n) is 20.0. The molecule has 0 radical (unpaired) electrons. The molecule has 1 aromatic heterocycles. The minimum atomic E-state index is -4.70. The number of hydrogen-bond acceptors (Lipinski definition) is 8. The molecule has 202 valence electrons. The van der Waals surface area contributed by atoms with Gasteiger partial charge in [-0.3, -0.25) is 9.59 Å². The fourth-order valence-electron chi connectivity index (χ4n) is 3.59. The van der Waals surface area contributed by atoms with Crippen molar-refractivity contribution in [2.24, 2.45) is 0 Å². The van der Waals surface area contributed by atoms with Crippen LogP contribution in [0.25, 0.3) is 10.9 Å². The summed E-state index contributed by atoms with van der Waals surface area (Å²) in [6.07, 6.45) is -4.24. The average molecular weight is 537 g/mol. The summed E-state index contributed by atoms with van der Waals surface area (Å²) >= 11 is 0. The second-order valence-electron chi connectivity index (χ2n) is 8.41. The van der Waals surface area contributed by atoms with E-state index < -0.39 is 49.0 Å². The fourth-order valence-corrected chi connectivity index (χ4v) is 3.59. The van der Waals surface area contributed by atoms with E-state index in [1.807, 2.05) is 5.32 Å². The lowest BCUT2D eigenvalue weighted by atomic mass is 9.96. The fraction of sp³-hybridized carbons (Fsp3) is 0.333. The van der Waals surface area contributed by atoms with Crippen LogP contribution in [-0.4, -0.2) is 67.0 Å². The third-order valence-electron chi connectivity index (χ3n) is 5.59. The Kier molecular flexibility index (Phi) is 7.92. The number of carbonyl (C=O) groups excluding carboxylic acids is 2. The van der Waals surface area contributed by atoms with Gasteiger partial charge in [-0.25, -0.2) is 14.4 Å². The summed E-state index contributed by atoms with van der Waals surface area (Å²) in [5.41, 5.74) is -1.36. The summed E-state index contributed by atoms with van der Waals surface area (Å²) in [5.74, 6) is -1.98. The van der Waals surface area contributed by atoms with E-state index in [2.05, 4.69) is 25.3 Å². The number of amides is 2. The second-order valence-corrected chi connectivity index (χ2v) is 8.41. The number of alkyl halides is 3. The zero-order chi connectivity index (χ0) is 27.3. The monoisotopic (exact) mass is 537 g/mol. The second kappa shape index (κ2) is 11.1. The molecule has 10 nitrogen and oxygen atoms in total. The van der Waals surface area contributed by atoms with Crippen LogP contribution in [0.3, 0.4) is 0 Å². The molecule has 4 rings (SSSR count). The van der Waals surface area contributed by atoms with Crippen molar-refractivity contribution in [1.82, 2.24) is 15.3 Å². The van der Waals surface area contributed by atoms with Crippen LogP contribution >= 0.6 is 0 Å². The van der Waals surface area contributed by atoms with E-state index in [1.54, 1.807) is 18.2 Å². The molecule has 2 heterocycles. The van der Waals surface area contributed by atoms with Crippen LogP contribution in [-0.2, 0) is 19.1 Å². The topological polar surface area (TPSA) is 124 Å². The Morgan fingerprint density at radius 3 is 2.39 bits per heavy atom. The minimum Gasteiger partial charge on any atom is -0.491 e. The van der Waals surface area contributed by atoms with Gasteiger partial charge < -0.3 is 30.2 Å². The van der Waals surface area contributed by atoms with Gasteiger partial charge in [-0.15, -0.1) is 0 Å². The molecule has 0 spiro atoms. The molecule has 0 aliphatic carbocycles. The maximum absolute atomic E-state index is 14.8. The van der Waals surface area contributed by atoms with Crippen LogP contribution in [0.2, 0.25) is 0 Å². The SMILES string of the molecule is COCCOc1cc(F)c2c(Nc3ccc(NC(=O)CC(=O)NC4(C(F)(F)F)COC4)cc3)ncnc2c1. The van der Waals surface area contributed by atoms with Crippen LogP contribution in [0.1, 0.15) is 6.42 Å². The Morgan fingerprint density at radius 1 is 1.05 bits per heavy atom. The van der Waals surface area contributed by atoms with Gasteiger partial charge in [0.05, 0.1) is 30.7 Å². The summed E-state index contributed by atoms with van der Waals surface area (Å²) in [7, 11) is 1.52. The summed E-state index contributed by atoms with van der Waals surface area (Å²) in [4.78, 5) is 32.3. The molecule has 38 heavy (non-hydrogen) atoms. The smallest absolute Gasteiger partial charge is 0.416 e. The van der Waals surface area contributed by atoms with Gasteiger partial charge in [0.15, 0.2) is 5.54 Å². The van der Waals surface area contributed by atoms with Crippen molar-refractivity contribution in [2.75, 3.05) is 44.2 Å². The van der Waals surface area contributed by atoms with Gasteiger partial charge in [0.25, 0.3) is 0 Å². The Bertz CT molecular complexity index is 1320. The van der Waals surface area contributed by atoms with Crippen molar-refractivity contribution in [1.29, 1.82) is 0 Å². The highest BCUT2D eigenvalue weighted by molar-refractivity contribution is 6.04. The molecular formula is C24H23F4N5O5. The van der Waals surface area contributed by atoms with Crippen LogP contribution in [0, 0.1) is 5.82 Å². The van der Waals surface area contributed by atoms with Crippen LogP contribution < -0.4 is 20.7 Å². The lowest BCUT2D eigenvalue weighted by Gasteiger charge is -2.42. The number of benzene rings is 2. The number of hydrogen-bond donors (Lipinski definition) is 3. The van der Waals surface area contributed by atoms with Crippen LogP contribution in [0.4, 0.5) is 34.8 Å². The first-order chi connectivity index (χ1) is 18.1. The normalized spacial score (nSPS) is 14.4.